The second-order valence-corrected chi connectivity index (χ2v) is 6.81. The van der Waals surface area contributed by atoms with Gasteiger partial charge >= 0.3 is 0 Å². The zero-order valence-electron chi connectivity index (χ0n) is 12.5. The summed E-state index contributed by atoms with van der Waals surface area (Å²) in [4.78, 5) is 26.7. The van der Waals surface area contributed by atoms with Crippen molar-refractivity contribution in [2.45, 2.75) is 59.0 Å². The summed E-state index contributed by atoms with van der Waals surface area (Å²) in [5.41, 5.74) is 0. The van der Waals surface area contributed by atoms with E-state index in [2.05, 4.69) is 19.2 Å². The van der Waals surface area contributed by atoms with Crippen LogP contribution >= 0.6 is 0 Å². The SMILES string of the molecule is CC(C)CC1C(=O)NC(C(C)C)C(=O)N1CC1CC1. The van der Waals surface area contributed by atoms with Gasteiger partial charge in [0.1, 0.15) is 12.1 Å². The molecule has 2 fully saturated rings. The minimum absolute atomic E-state index is 0.0349. The molecule has 0 aromatic carbocycles. The standard InChI is InChI=1S/C15H26N2O2/c1-9(2)7-12-14(18)16-13(10(3)4)15(19)17(12)8-11-5-6-11/h9-13H,5-8H2,1-4H3,(H,16,18). The molecule has 4 nitrogen and oxygen atoms in total. The topological polar surface area (TPSA) is 49.4 Å². The van der Waals surface area contributed by atoms with E-state index in [1.807, 2.05) is 18.7 Å². The highest BCUT2D eigenvalue weighted by molar-refractivity contribution is 5.97. The Balaban J connectivity index is 2.16. The number of nitrogens with one attached hydrogen (secondary N) is 1. The molecule has 1 N–H and O–H groups in total. The zero-order valence-corrected chi connectivity index (χ0v) is 12.5. The maximum Gasteiger partial charge on any atom is 0.246 e. The fourth-order valence-corrected chi connectivity index (χ4v) is 2.71. The van der Waals surface area contributed by atoms with Gasteiger partial charge in [-0.1, -0.05) is 27.7 Å². The summed E-state index contributed by atoms with van der Waals surface area (Å²) in [6.07, 6.45) is 3.16. The second-order valence-electron chi connectivity index (χ2n) is 6.81. The maximum absolute atomic E-state index is 12.6. The van der Waals surface area contributed by atoms with Crippen LogP contribution < -0.4 is 5.32 Å². The number of rotatable bonds is 5. The summed E-state index contributed by atoms with van der Waals surface area (Å²) in [5.74, 6) is 1.34. The normalized spacial score (nSPS) is 28.2. The summed E-state index contributed by atoms with van der Waals surface area (Å²) in [6.45, 7) is 8.94. The maximum atomic E-state index is 12.6. The van der Waals surface area contributed by atoms with Gasteiger partial charge in [-0.05, 0) is 37.0 Å². The van der Waals surface area contributed by atoms with E-state index in [1.165, 1.54) is 12.8 Å². The van der Waals surface area contributed by atoms with Gasteiger partial charge in [-0.3, -0.25) is 9.59 Å². The third-order valence-corrected chi connectivity index (χ3v) is 4.04. The van der Waals surface area contributed by atoms with Gasteiger partial charge in [-0.2, -0.15) is 0 Å². The first-order valence-electron chi connectivity index (χ1n) is 7.51. The van der Waals surface area contributed by atoms with Crippen LogP contribution in [-0.4, -0.2) is 35.3 Å². The fraction of sp³-hybridized carbons (Fsp3) is 0.867. The molecular formula is C15H26N2O2. The summed E-state index contributed by atoms with van der Waals surface area (Å²) < 4.78 is 0. The molecule has 2 unspecified atom stereocenters. The Labute approximate surface area is 115 Å². The van der Waals surface area contributed by atoms with Crippen LogP contribution in [0.5, 0.6) is 0 Å². The Morgan fingerprint density at radius 1 is 1.21 bits per heavy atom. The van der Waals surface area contributed by atoms with E-state index in [4.69, 9.17) is 0 Å². The van der Waals surface area contributed by atoms with E-state index in [0.717, 1.165) is 13.0 Å². The summed E-state index contributed by atoms with van der Waals surface area (Å²) >= 11 is 0. The van der Waals surface area contributed by atoms with Crippen LogP contribution in [0.1, 0.15) is 47.0 Å². The predicted octanol–water partition coefficient (Wildman–Crippen LogP) is 1.79. The van der Waals surface area contributed by atoms with E-state index in [-0.39, 0.29) is 29.8 Å². The molecule has 1 aliphatic carbocycles. The van der Waals surface area contributed by atoms with Crippen LogP contribution in [0.25, 0.3) is 0 Å². The first kappa shape index (κ1) is 14.4. The van der Waals surface area contributed by atoms with Crippen molar-refractivity contribution in [2.75, 3.05) is 6.54 Å². The van der Waals surface area contributed by atoms with Crippen LogP contribution in [0.3, 0.4) is 0 Å². The van der Waals surface area contributed by atoms with Gasteiger partial charge in [-0.15, -0.1) is 0 Å². The molecule has 0 aromatic heterocycles. The molecule has 0 spiro atoms. The second kappa shape index (κ2) is 5.51. The van der Waals surface area contributed by atoms with Crippen molar-refractivity contribution < 1.29 is 9.59 Å². The van der Waals surface area contributed by atoms with Crippen LogP contribution in [0.4, 0.5) is 0 Å². The van der Waals surface area contributed by atoms with Crippen LogP contribution in [0, 0.1) is 17.8 Å². The van der Waals surface area contributed by atoms with Gasteiger partial charge in [0, 0.05) is 6.54 Å². The Hall–Kier alpha value is -1.06. The molecule has 2 atom stereocenters. The first-order valence-corrected chi connectivity index (χ1v) is 7.51. The largest absolute Gasteiger partial charge is 0.342 e. The molecule has 1 saturated heterocycles. The highest BCUT2D eigenvalue weighted by atomic mass is 16.2. The summed E-state index contributed by atoms with van der Waals surface area (Å²) in [7, 11) is 0. The third kappa shape index (κ3) is 3.28. The average molecular weight is 266 g/mol. The highest BCUT2D eigenvalue weighted by Crippen LogP contribution is 2.32. The molecule has 1 aliphatic heterocycles. The number of amides is 2. The van der Waals surface area contributed by atoms with E-state index in [0.29, 0.717) is 11.8 Å². The first-order chi connectivity index (χ1) is 8.90. The molecule has 2 rings (SSSR count). The van der Waals surface area contributed by atoms with Crippen molar-refractivity contribution in [3.63, 3.8) is 0 Å². The molecule has 19 heavy (non-hydrogen) atoms. The molecule has 108 valence electrons. The molecule has 2 aliphatic rings. The van der Waals surface area contributed by atoms with Crippen molar-refractivity contribution in [1.29, 1.82) is 0 Å². The molecule has 1 heterocycles. The highest BCUT2D eigenvalue weighted by Gasteiger charge is 2.43. The average Bonchev–Trinajstić information content (AvgIpc) is 3.11. The molecular weight excluding hydrogens is 240 g/mol. The van der Waals surface area contributed by atoms with Crippen molar-refractivity contribution >= 4 is 11.8 Å². The lowest BCUT2D eigenvalue weighted by Crippen LogP contribution is -2.65. The minimum Gasteiger partial charge on any atom is -0.342 e. The van der Waals surface area contributed by atoms with E-state index < -0.39 is 0 Å². The molecule has 2 amide bonds. The smallest absolute Gasteiger partial charge is 0.246 e. The third-order valence-electron chi connectivity index (χ3n) is 4.04. The van der Waals surface area contributed by atoms with Gasteiger partial charge in [0.25, 0.3) is 0 Å². The zero-order chi connectivity index (χ0) is 14.2. The molecule has 0 radical (unpaired) electrons. The van der Waals surface area contributed by atoms with Crippen LogP contribution in [0.15, 0.2) is 0 Å². The molecule has 0 bridgehead atoms. The number of nitrogens with zero attached hydrogens (tertiary/aromatic N) is 1. The van der Waals surface area contributed by atoms with Gasteiger partial charge < -0.3 is 10.2 Å². The summed E-state index contributed by atoms with van der Waals surface area (Å²) in [6, 6.07) is -0.599. The Bertz CT molecular complexity index is 361. The number of carbonyl (C=O) groups excluding carboxylic acids is 2. The van der Waals surface area contributed by atoms with Gasteiger partial charge in [-0.25, -0.2) is 0 Å². The quantitative estimate of drug-likeness (QED) is 0.825. The monoisotopic (exact) mass is 266 g/mol. The number of piperazine rings is 1. The van der Waals surface area contributed by atoms with Crippen LogP contribution in [0.2, 0.25) is 0 Å². The van der Waals surface area contributed by atoms with Crippen LogP contribution in [-0.2, 0) is 9.59 Å². The Kier molecular flexibility index (Phi) is 4.16. The van der Waals surface area contributed by atoms with Crippen molar-refractivity contribution in [3.8, 4) is 0 Å². The predicted molar refractivity (Wildman–Crippen MR) is 74.4 cm³/mol. The van der Waals surface area contributed by atoms with E-state index >= 15 is 0 Å². The summed E-state index contributed by atoms with van der Waals surface area (Å²) in [5, 5.41) is 2.91. The number of hydrogen-bond acceptors (Lipinski definition) is 2. The van der Waals surface area contributed by atoms with E-state index in [9.17, 15) is 9.59 Å². The number of carbonyl (C=O) groups is 2. The lowest BCUT2D eigenvalue weighted by molar-refractivity contribution is -0.151. The minimum atomic E-state index is -0.338. The lowest BCUT2D eigenvalue weighted by atomic mass is 9.93. The van der Waals surface area contributed by atoms with E-state index in [1.54, 1.807) is 0 Å². The van der Waals surface area contributed by atoms with Crippen molar-refractivity contribution in [3.05, 3.63) is 0 Å². The lowest BCUT2D eigenvalue weighted by Gasteiger charge is -2.41. The van der Waals surface area contributed by atoms with Crippen molar-refractivity contribution in [1.82, 2.24) is 10.2 Å². The van der Waals surface area contributed by atoms with Gasteiger partial charge in [0.15, 0.2) is 0 Å². The van der Waals surface area contributed by atoms with Crippen molar-refractivity contribution in [2.24, 2.45) is 17.8 Å². The van der Waals surface area contributed by atoms with Gasteiger partial charge in [0.2, 0.25) is 11.8 Å². The fourth-order valence-electron chi connectivity index (χ4n) is 2.71. The Morgan fingerprint density at radius 3 is 2.32 bits per heavy atom. The molecule has 1 saturated carbocycles. The molecule has 0 aromatic rings. The molecule has 4 heteroatoms. The Morgan fingerprint density at radius 2 is 1.84 bits per heavy atom. The number of hydrogen-bond donors (Lipinski definition) is 1. The van der Waals surface area contributed by atoms with Gasteiger partial charge in [0.05, 0.1) is 0 Å².